The third-order valence-corrected chi connectivity index (χ3v) is 1.98. The van der Waals surface area contributed by atoms with Gasteiger partial charge in [0, 0.05) is 13.1 Å². The third-order valence-electron chi connectivity index (χ3n) is 1.70. The van der Waals surface area contributed by atoms with E-state index in [9.17, 15) is 4.79 Å². The van der Waals surface area contributed by atoms with Crippen LogP contribution in [0.3, 0.4) is 0 Å². The second-order valence-corrected chi connectivity index (χ2v) is 3.87. The first-order valence-corrected chi connectivity index (χ1v) is 4.62. The molecule has 0 unspecified atom stereocenters. The number of nitrogens with two attached hydrogens (primary N) is 1. The topological polar surface area (TPSA) is 67.2 Å². The molecule has 0 rings (SSSR count). The van der Waals surface area contributed by atoms with Crippen molar-refractivity contribution in [1.29, 1.82) is 0 Å². The highest BCUT2D eigenvalue weighted by molar-refractivity contribution is 7.80. The maximum absolute atomic E-state index is 10.9. The van der Waals surface area contributed by atoms with Crippen molar-refractivity contribution in [3.05, 3.63) is 0 Å². The van der Waals surface area contributed by atoms with Gasteiger partial charge in [-0.1, -0.05) is 0 Å². The molecule has 0 saturated carbocycles. The predicted octanol–water partition coefficient (Wildman–Crippen LogP) is -0.0181. The summed E-state index contributed by atoms with van der Waals surface area (Å²) in [7, 11) is 0. The van der Waals surface area contributed by atoms with Crippen molar-refractivity contribution in [2.45, 2.75) is 20.8 Å². The quantitative estimate of drug-likeness (QED) is 0.562. The molecular weight excluding hydrogens is 186 g/mol. The van der Waals surface area contributed by atoms with E-state index in [1.807, 2.05) is 6.92 Å². The SMILES string of the molecule is CCNC(=S)NCC(C)(C)C(N)=O. The average molecular weight is 203 g/mol. The van der Waals surface area contributed by atoms with Crippen LogP contribution in [0.25, 0.3) is 0 Å². The van der Waals surface area contributed by atoms with Gasteiger partial charge in [-0.15, -0.1) is 0 Å². The first kappa shape index (κ1) is 12.2. The Bertz CT molecular complexity index is 204. The van der Waals surface area contributed by atoms with Gasteiger partial charge in [0.25, 0.3) is 0 Å². The van der Waals surface area contributed by atoms with E-state index in [-0.39, 0.29) is 5.91 Å². The zero-order chi connectivity index (χ0) is 10.5. The van der Waals surface area contributed by atoms with Crippen molar-refractivity contribution in [2.75, 3.05) is 13.1 Å². The van der Waals surface area contributed by atoms with E-state index in [2.05, 4.69) is 10.6 Å². The monoisotopic (exact) mass is 203 g/mol. The molecule has 76 valence electrons. The highest BCUT2D eigenvalue weighted by Crippen LogP contribution is 2.11. The number of carbonyl (C=O) groups is 1. The lowest BCUT2D eigenvalue weighted by atomic mass is 9.93. The Labute approximate surface area is 84.3 Å². The van der Waals surface area contributed by atoms with Crippen LogP contribution in [0.15, 0.2) is 0 Å². The molecule has 0 aromatic heterocycles. The van der Waals surface area contributed by atoms with Crippen molar-refractivity contribution in [2.24, 2.45) is 11.1 Å². The van der Waals surface area contributed by atoms with Gasteiger partial charge in [-0.05, 0) is 33.0 Å². The maximum atomic E-state index is 10.9. The summed E-state index contributed by atoms with van der Waals surface area (Å²) in [5, 5.41) is 6.40. The number of amides is 1. The lowest BCUT2D eigenvalue weighted by Gasteiger charge is -2.21. The van der Waals surface area contributed by atoms with Crippen LogP contribution in [0.1, 0.15) is 20.8 Å². The molecule has 4 N–H and O–H groups in total. The minimum absolute atomic E-state index is 0.334. The summed E-state index contributed by atoms with van der Waals surface area (Å²) in [6.07, 6.45) is 0. The zero-order valence-corrected chi connectivity index (χ0v) is 9.12. The fourth-order valence-corrected chi connectivity index (χ4v) is 0.828. The molecular formula is C8H17N3OS. The number of primary amides is 1. The molecule has 1 amide bonds. The Kier molecular flexibility index (Phi) is 4.69. The first-order chi connectivity index (χ1) is 5.90. The van der Waals surface area contributed by atoms with Crippen LogP contribution in [-0.2, 0) is 4.79 Å². The van der Waals surface area contributed by atoms with Gasteiger partial charge < -0.3 is 16.4 Å². The molecule has 5 heteroatoms. The molecule has 0 fully saturated rings. The number of thiocarbonyl (C=S) groups is 1. The number of hydrogen-bond donors (Lipinski definition) is 3. The second kappa shape index (κ2) is 5.01. The molecule has 0 atom stereocenters. The van der Waals surface area contributed by atoms with E-state index >= 15 is 0 Å². The summed E-state index contributed by atoms with van der Waals surface area (Å²) in [6, 6.07) is 0. The van der Waals surface area contributed by atoms with E-state index in [0.29, 0.717) is 11.7 Å². The van der Waals surface area contributed by atoms with Crippen LogP contribution in [0.5, 0.6) is 0 Å². The van der Waals surface area contributed by atoms with Crippen molar-refractivity contribution in [3.8, 4) is 0 Å². The number of rotatable bonds is 4. The van der Waals surface area contributed by atoms with Gasteiger partial charge in [-0.25, -0.2) is 0 Å². The summed E-state index contributed by atoms with van der Waals surface area (Å²) in [5.74, 6) is -0.334. The highest BCUT2D eigenvalue weighted by atomic mass is 32.1. The van der Waals surface area contributed by atoms with E-state index in [4.69, 9.17) is 18.0 Å². The lowest BCUT2D eigenvalue weighted by molar-refractivity contribution is -0.125. The van der Waals surface area contributed by atoms with Gasteiger partial charge in [0.2, 0.25) is 5.91 Å². The van der Waals surface area contributed by atoms with Crippen LogP contribution in [-0.4, -0.2) is 24.1 Å². The van der Waals surface area contributed by atoms with Gasteiger partial charge in [0.15, 0.2) is 5.11 Å². The summed E-state index contributed by atoms with van der Waals surface area (Å²) < 4.78 is 0. The Morgan fingerprint density at radius 1 is 1.46 bits per heavy atom. The molecule has 0 heterocycles. The minimum Gasteiger partial charge on any atom is -0.369 e. The molecule has 0 aliphatic heterocycles. The van der Waals surface area contributed by atoms with Crippen LogP contribution in [0, 0.1) is 5.41 Å². The standard InChI is InChI=1S/C8H17N3OS/c1-4-10-7(13)11-5-8(2,3)6(9)12/h4-5H2,1-3H3,(H2,9,12)(H2,10,11,13). The molecule has 4 nitrogen and oxygen atoms in total. The number of hydrogen-bond acceptors (Lipinski definition) is 2. The van der Waals surface area contributed by atoms with E-state index in [1.165, 1.54) is 0 Å². The molecule has 0 aromatic rings. The van der Waals surface area contributed by atoms with Crippen LogP contribution < -0.4 is 16.4 Å². The van der Waals surface area contributed by atoms with E-state index in [1.54, 1.807) is 13.8 Å². The van der Waals surface area contributed by atoms with Gasteiger partial charge >= 0.3 is 0 Å². The molecule has 0 aromatic carbocycles. The largest absolute Gasteiger partial charge is 0.369 e. The average Bonchev–Trinajstić information content (AvgIpc) is 2.01. The summed E-state index contributed by atoms with van der Waals surface area (Å²) in [6.45, 7) is 6.72. The van der Waals surface area contributed by atoms with Gasteiger partial charge in [-0.3, -0.25) is 4.79 Å². The van der Waals surface area contributed by atoms with Gasteiger partial charge in [0.05, 0.1) is 5.41 Å². The summed E-state index contributed by atoms with van der Waals surface area (Å²) in [4.78, 5) is 10.9. The smallest absolute Gasteiger partial charge is 0.224 e. The van der Waals surface area contributed by atoms with E-state index in [0.717, 1.165) is 6.54 Å². The van der Waals surface area contributed by atoms with Crippen molar-refractivity contribution >= 4 is 23.2 Å². The molecule has 0 saturated heterocycles. The van der Waals surface area contributed by atoms with Crippen molar-refractivity contribution in [3.63, 3.8) is 0 Å². The molecule has 0 bridgehead atoms. The van der Waals surface area contributed by atoms with Crippen LogP contribution >= 0.6 is 12.2 Å². The first-order valence-electron chi connectivity index (χ1n) is 4.21. The highest BCUT2D eigenvalue weighted by Gasteiger charge is 2.24. The summed E-state index contributed by atoms with van der Waals surface area (Å²) >= 11 is 4.93. The summed E-state index contributed by atoms with van der Waals surface area (Å²) in [5.41, 5.74) is 4.62. The minimum atomic E-state index is -0.570. The normalized spacial score (nSPS) is 10.7. The molecule has 0 radical (unpaired) electrons. The van der Waals surface area contributed by atoms with Crippen LogP contribution in [0.2, 0.25) is 0 Å². The van der Waals surface area contributed by atoms with E-state index < -0.39 is 5.41 Å². The molecule has 13 heavy (non-hydrogen) atoms. The Balaban J connectivity index is 3.88. The number of nitrogens with one attached hydrogen (secondary N) is 2. The molecule has 0 aliphatic carbocycles. The van der Waals surface area contributed by atoms with Gasteiger partial charge in [0.1, 0.15) is 0 Å². The Hall–Kier alpha value is -0.840. The Morgan fingerprint density at radius 3 is 2.38 bits per heavy atom. The number of carbonyl (C=O) groups excluding carboxylic acids is 1. The zero-order valence-electron chi connectivity index (χ0n) is 8.31. The third kappa shape index (κ3) is 4.67. The fourth-order valence-electron chi connectivity index (χ4n) is 0.611. The Morgan fingerprint density at radius 2 is 2.00 bits per heavy atom. The van der Waals surface area contributed by atoms with Crippen molar-refractivity contribution in [1.82, 2.24) is 10.6 Å². The maximum Gasteiger partial charge on any atom is 0.224 e. The van der Waals surface area contributed by atoms with Crippen LogP contribution in [0.4, 0.5) is 0 Å². The lowest BCUT2D eigenvalue weighted by Crippen LogP contribution is -2.45. The predicted molar refractivity (Wildman–Crippen MR) is 57.3 cm³/mol. The molecule has 0 spiro atoms. The molecule has 0 aliphatic rings. The van der Waals surface area contributed by atoms with Gasteiger partial charge in [-0.2, -0.15) is 0 Å². The van der Waals surface area contributed by atoms with Crippen molar-refractivity contribution < 1.29 is 4.79 Å². The fraction of sp³-hybridized carbons (Fsp3) is 0.750. The second-order valence-electron chi connectivity index (χ2n) is 3.46.